The second kappa shape index (κ2) is 6.70. The predicted molar refractivity (Wildman–Crippen MR) is 71.7 cm³/mol. The maximum atomic E-state index is 11.2. The van der Waals surface area contributed by atoms with Gasteiger partial charge in [-0.15, -0.1) is 0 Å². The number of carbonyl (C=O) groups excluding carboxylic acids is 1. The summed E-state index contributed by atoms with van der Waals surface area (Å²) in [6.07, 6.45) is 4.59. The molecular formula is C11H14ClN5O. The average Bonchev–Trinajstić information content (AvgIpc) is 2.34. The fourth-order valence-electron chi connectivity index (χ4n) is 1.36. The molecule has 0 aliphatic carbocycles. The highest BCUT2D eigenvalue weighted by Crippen LogP contribution is 2.09. The smallest absolute Gasteiger partial charge is 0.315 e. The Labute approximate surface area is 110 Å². The van der Waals surface area contributed by atoms with E-state index < -0.39 is 12.1 Å². The van der Waals surface area contributed by atoms with Crippen LogP contribution >= 0.6 is 11.6 Å². The standard InChI is InChI=1S/C11H14ClN5O/c1-2-17(11(14)18)9(10(12)13)7-16-8-4-3-5-15-6-8/h3-7,9,13H,2H2,1H3,(H2,14,18). The molecule has 1 rings (SSSR count). The molecule has 0 aliphatic heterocycles. The highest BCUT2D eigenvalue weighted by atomic mass is 35.5. The van der Waals surface area contributed by atoms with Gasteiger partial charge >= 0.3 is 6.03 Å². The van der Waals surface area contributed by atoms with Gasteiger partial charge in [-0.05, 0) is 19.1 Å². The minimum absolute atomic E-state index is 0.219. The van der Waals surface area contributed by atoms with E-state index >= 15 is 0 Å². The van der Waals surface area contributed by atoms with Crippen LogP contribution in [0.1, 0.15) is 6.92 Å². The first kappa shape index (κ1) is 14.1. The van der Waals surface area contributed by atoms with Gasteiger partial charge in [0.1, 0.15) is 11.2 Å². The number of rotatable bonds is 5. The molecule has 1 unspecified atom stereocenters. The average molecular weight is 268 g/mol. The van der Waals surface area contributed by atoms with E-state index in [9.17, 15) is 4.79 Å². The molecule has 0 bridgehead atoms. The number of hydrogen-bond acceptors (Lipinski definition) is 4. The summed E-state index contributed by atoms with van der Waals surface area (Å²) in [6.45, 7) is 2.09. The number of urea groups is 1. The summed E-state index contributed by atoms with van der Waals surface area (Å²) in [5, 5.41) is 7.23. The lowest BCUT2D eigenvalue weighted by Crippen LogP contribution is -2.47. The summed E-state index contributed by atoms with van der Waals surface area (Å²) in [6, 6.07) is 2.08. The van der Waals surface area contributed by atoms with Crippen molar-refractivity contribution in [2.75, 3.05) is 6.54 Å². The van der Waals surface area contributed by atoms with Crippen LogP contribution in [0.3, 0.4) is 0 Å². The first-order valence-electron chi connectivity index (χ1n) is 5.30. The van der Waals surface area contributed by atoms with Crippen molar-refractivity contribution in [3.05, 3.63) is 24.5 Å². The molecule has 1 aromatic rings. The van der Waals surface area contributed by atoms with Gasteiger partial charge in [-0.25, -0.2) is 4.79 Å². The Morgan fingerprint density at radius 3 is 2.94 bits per heavy atom. The Balaban J connectivity index is 2.90. The zero-order chi connectivity index (χ0) is 13.5. The van der Waals surface area contributed by atoms with Crippen molar-refractivity contribution in [2.24, 2.45) is 10.7 Å². The molecule has 0 radical (unpaired) electrons. The van der Waals surface area contributed by atoms with Crippen LogP contribution in [0, 0.1) is 5.41 Å². The number of primary amides is 1. The van der Waals surface area contributed by atoms with Crippen molar-refractivity contribution in [1.29, 1.82) is 5.41 Å². The van der Waals surface area contributed by atoms with Crippen molar-refractivity contribution in [3.8, 4) is 0 Å². The third-order valence-corrected chi connectivity index (χ3v) is 2.45. The molecule has 6 nitrogen and oxygen atoms in total. The fraction of sp³-hybridized carbons (Fsp3) is 0.273. The topological polar surface area (TPSA) is 95.4 Å². The van der Waals surface area contributed by atoms with E-state index in [0.29, 0.717) is 12.2 Å². The van der Waals surface area contributed by atoms with Gasteiger partial charge in [-0.2, -0.15) is 0 Å². The van der Waals surface area contributed by atoms with Gasteiger partial charge in [0.15, 0.2) is 0 Å². The molecular weight excluding hydrogens is 254 g/mol. The third-order valence-electron chi connectivity index (χ3n) is 2.23. The van der Waals surface area contributed by atoms with Crippen LogP contribution in [0.4, 0.5) is 10.5 Å². The van der Waals surface area contributed by atoms with Gasteiger partial charge in [0.2, 0.25) is 0 Å². The summed E-state index contributed by atoms with van der Waals surface area (Å²) >= 11 is 5.65. The van der Waals surface area contributed by atoms with E-state index in [1.54, 1.807) is 31.5 Å². The van der Waals surface area contributed by atoms with Crippen LogP contribution in [0.2, 0.25) is 0 Å². The summed E-state index contributed by atoms with van der Waals surface area (Å²) in [7, 11) is 0. The first-order chi connectivity index (χ1) is 8.56. The van der Waals surface area contributed by atoms with Crippen molar-refractivity contribution in [2.45, 2.75) is 13.0 Å². The molecule has 96 valence electrons. The Kier molecular flexibility index (Phi) is 5.26. The number of aromatic nitrogens is 1. The van der Waals surface area contributed by atoms with Crippen LogP contribution < -0.4 is 5.73 Å². The van der Waals surface area contributed by atoms with Crippen LogP contribution in [0.15, 0.2) is 29.5 Å². The second-order valence-electron chi connectivity index (χ2n) is 3.41. The molecule has 1 atom stereocenters. The normalized spacial score (nSPS) is 12.3. The lowest BCUT2D eigenvalue weighted by Gasteiger charge is -2.24. The molecule has 0 aliphatic rings. The van der Waals surface area contributed by atoms with Gasteiger partial charge < -0.3 is 10.6 Å². The van der Waals surface area contributed by atoms with Crippen LogP contribution in [0.25, 0.3) is 0 Å². The van der Waals surface area contributed by atoms with Crippen LogP contribution in [-0.2, 0) is 0 Å². The highest BCUT2D eigenvalue weighted by Gasteiger charge is 2.21. The summed E-state index contributed by atoms with van der Waals surface area (Å²) in [5.74, 6) is 0. The van der Waals surface area contributed by atoms with E-state index in [4.69, 9.17) is 22.7 Å². The van der Waals surface area contributed by atoms with E-state index in [2.05, 4.69) is 9.98 Å². The molecule has 2 amide bonds. The number of nitrogens with one attached hydrogen (secondary N) is 1. The summed E-state index contributed by atoms with van der Waals surface area (Å²) in [5.41, 5.74) is 5.82. The molecule has 1 aromatic heterocycles. The van der Waals surface area contributed by atoms with Crippen LogP contribution in [0.5, 0.6) is 0 Å². The van der Waals surface area contributed by atoms with E-state index in [1.807, 2.05) is 0 Å². The number of aliphatic imine (C=N–C) groups is 1. The molecule has 18 heavy (non-hydrogen) atoms. The Hall–Kier alpha value is -1.95. The number of nitrogens with zero attached hydrogens (tertiary/aromatic N) is 3. The lowest BCUT2D eigenvalue weighted by molar-refractivity contribution is 0.212. The van der Waals surface area contributed by atoms with E-state index in [0.717, 1.165) is 0 Å². The summed E-state index contributed by atoms with van der Waals surface area (Å²) in [4.78, 5) is 20.5. The van der Waals surface area contributed by atoms with Gasteiger partial charge in [-0.3, -0.25) is 15.4 Å². The Morgan fingerprint density at radius 2 is 2.50 bits per heavy atom. The molecule has 0 saturated carbocycles. The summed E-state index contributed by atoms with van der Waals surface area (Å²) < 4.78 is 0. The monoisotopic (exact) mass is 267 g/mol. The number of halogens is 1. The quantitative estimate of drug-likeness (QED) is 0.795. The molecule has 1 heterocycles. The zero-order valence-electron chi connectivity index (χ0n) is 9.88. The van der Waals surface area contributed by atoms with Gasteiger partial charge in [0.25, 0.3) is 0 Å². The number of carbonyl (C=O) groups is 1. The second-order valence-corrected chi connectivity index (χ2v) is 3.81. The number of pyridine rings is 1. The molecule has 7 heteroatoms. The molecule has 0 saturated heterocycles. The Bertz CT molecular complexity index is 448. The number of nitrogens with two attached hydrogens (primary N) is 1. The minimum Gasteiger partial charge on any atom is -0.351 e. The van der Waals surface area contributed by atoms with Crippen molar-refractivity contribution >= 4 is 34.7 Å². The first-order valence-corrected chi connectivity index (χ1v) is 5.68. The zero-order valence-corrected chi connectivity index (χ0v) is 10.6. The lowest BCUT2D eigenvalue weighted by atomic mass is 10.3. The van der Waals surface area contributed by atoms with Crippen LogP contribution in [-0.4, -0.2) is 39.9 Å². The highest BCUT2D eigenvalue weighted by molar-refractivity contribution is 6.67. The van der Waals surface area contributed by atoms with Crippen molar-refractivity contribution in [1.82, 2.24) is 9.88 Å². The Morgan fingerprint density at radius 1 is 1.78 bits per heavy atom. The fourth-order valence-corrected chi connectivity index (χ4v) is 1.53. The maximum absolute atomic E-state index is 11.2. The largest absolute Gasteiger partial charge is 0.351 e. The molecule has 0 spiro atoms. The molecule has 3 N–H and O–H groups in total. The van der Waals surface area contributed by atoms with Crippen molar-refractivity contribution in [3.63, 3.8) is 0 Å². The SMILES string of the molecule is CCN(C(N)=O)C(C=Nc1cccnc1)C(=N)Cl. The van der Waals surface area contributed by atoms with E-state index in [-0.39, 0.29) is 5.17 Å². The molecule has 0 aromatic carbocycles. The van der Waals surface area contributed by atoms with Gasteiger partial charge in [-0.1, -0.05) is 11.6 Å². The van der Waals surface area contributed by atoms with E-state index in [1.165, 1.54) is 11.1 Å². The molecule has 0 fully saturated rings. The maximum Gasteiger partial charge on any atom is 0.315 e. The minimum atomic E-state index is -0.755. The number of amides is 2. The third kappa shape index (κ3) is 3.81. The van der Waals surface area contributed by atoms with Crippen molar-refractivity contribution < 1.29 is 4.79 Å². The number of hydrogen-bond donors (Lipinski definition) is 2. The van der Waals surface area contributed by atoms with Gasteiger partial charge in [0, 0.05) is 19.0 Å². The predicted octanol–water partition coefficient (Wildman–Crippen LogP) is 1.77. The van der Waals surface area contributed by atoms with Gasteiger partial charge in [0.05, 0.1) is 11.9 Å².